The number of carbonyl (C=O) groups is 1. The lowest BCUT2D eigenvalue weighted by Crippen LogP contribution is -2.22. The number of hydrogen-bond acceptors (Lipinski definition) is 5. The molecule has 0 bridgehead atoms. The molecule has 0 fully saturated rings. The Morgan fingerprint density at radius 2 is 1.81 bits per heavy atom. The van der Waals surface area contributed by atoms with Crippen LogP contribution in [0.2, 0.25) is 0 Å². The molecule has 0 aliphatic carbocycles. The lowest BCUT2D eigenvalue weighted by molar-refractivity contribution is -0.111. The molecule has 2 aromatic carbocycles. The molecule has 1 aromatic heterocycles. The zero-order valence-corrected chi connectivity index (χ0v) is 15.8. The van der Waals surface area contributed by atoms with Crippen LogP contribution in [0.5, 0.6) is 0 Å². The largest absolute Gasteiger partial charge is 0.323 e. The van der Waals surface area contributed by atoms with Crippen LogP contribution in [-0.2, 0) is 14.8 Å². The summed E-state index contributed by atoms with van der Waals surface area (Å²) in [6.07, 6.45) is 3.06. The molecule has 8 heteroatoms. The van der Waals surface area contributed by atoms with Gasteiger partial charge in [0, 0.05) is 25.9 Å². The average Bonchev–Trinajstić information content (AvgIpc) is 3.03. The Hall–Kier alpha value is -2.55. The number of fused-ring (bicyclic) bond motifs is 1. The minimum absolute atomic E-state index is 0.172. The fraction of sp³-hybridized carbons (Fsp3) is 0.111. The number of thiazole rings is 1. The summed E-state index contributed by atoms with van der Waals surface area (Å²) in [5, 5.41) is 3.44. The molecule has 26 heavy (non-hydrogen) atoms. The van der Waals surface area contributed by atoms with E-state index in [-0.39, 0.29) is 10.8 Å². The van der Waals surface area contributed by atoms with Crippen molar-refractivity contribution < 1.29 is 13.2 Å². The smallest absolute Gasteiger partial charge is 0.248 e. The Bertz CT molecular complexity index is 1040. The van der Waals surface area contributed by atoms with Crippen LogP contribution in [0.3, 0.4) is 0 Å². The first-order valence-electron chi connectivity index (χ1n) is 7.73. The number of carbonyl (C=O) groups excluding carboxylic acids is 1. The number of sulfonamides is 1. The predicted molar refractivity (Wildman–Crippen MR) is 105 cm³/mol. The SMILES string of the molecule is CN(C)S(=O)(=O)c1ccc(NC(=O)/C=C/c2nc3ccccc3s2)cc1. The summed E-state index contributed by atoms with van der Waals surface area (Å²) in [5.74, 6) is -0.313. The van der Waals surface area contributed by atoms with Crippen LogP contribution in [0.15, 0.2) is 59.5 Å². The van der Waals surface area contributed by atoms with E-state index in [0.29, 0.717) is 5.69 Å². The van der Waals surface area contributed by atoms with Crippen molar-refractivity contribution in [1.29, 1.82) is 0 Å². The van der Waals surface area contributed by atoms with Gasteiger partial charge in [0.1, 0.15) is 5.01 Å². The molecular formula is C18H17N3O3S2. The zero-order valence-electron chi connectivity index (χ0n) is 14.2. The van der Waals surface area contributed by atoms with Crippen LogP contribution in [0.4, 0.5) is 5.69 Å². The molecule has 3 rings (SSSR count). The van der Waals surface area contributed by atoms with Gasteiger partial charge in [-0.25, -0.2) is 17.7 Å². The lowest BCUT2D eigenvalue weighted by Gasteiger charge is -2.11. The minimum Gasteiger partial charge on any atom is -0.323 e. The van der Waals surface area contributed by atoms with Crippen molar-refractivity contribution >= 4 is 49.2 Å². The van der Waals surface area contributed by atoms with E-state index in [2.05, 4.69) is 10.3 Å². The first-order valence-corrected chi connectivity index (χ1v) is 9.99. The van der Waals surface area contributed by atoms with Crippen LogP contribution < -0.4 is 5.32 Å². The fourth-order valence-electron chi connectivity index (χ4n) is 2.21. The summed E-state index contributed by atoms with van der Waals surface area (Å²) in [4.78, 5) is 16.6. The molecule has 6 nitrogen and oxygen atoms in total. The lowest BCUT2D eigenvalue weighted by atomic mass is 10.3. The van der Waals surface area contributed by atoms with E-state index in [9.17, 15) is 13.2 Å². The van der Waals surface area contributed by atoms with Gasteiger partial charge in [-0.1, -0.05) is 12.1 Å². The molecule has 1 heterocycles. The average molecular weight is 387 g/mol. The Labute approximate surface area is 155 Å². The van der Waals surface area contributed by atoms with Gasteiger partial charge in [0.05, 0.1) is 15.1 Å². The highest BCUT2D eigenvalue weighted by Gasteiger charge is 2.16. The van der Waals surface area contributed by atoms with Crippen molar-refractivity contribution in [3.8, 4) is 0 Å². The molecule has 1 N–H and O–H groups in total. The molecule has 0 spiro atoms. The third-order valence-electron chi connectivity index (χ3n) is 3.59. The van der Waals surface area contributed by atoms with Crippen LogP contribution >= 0.6 is 11.3 Å². The molecule has 0 atom stereocenters. The molecule has 0 unspecified atom stereocenters. The highest BCUT2D eigenvalue weighted by molar-refractivity contribution is 7.89. The maximum Gasteiger partial charge on any atom is 0.248 e. The highest BCUT2D eigenvalue weighted by Crippen LogP contribution is 2.22. The van der Waals surface area contributed by atoms with E-state index in [1.54, 1.807) is 18.2 Å². The number of nitrogens with zero attached hydrogens (tertiary/aromatic N) is 2. The summed E-state index contributed by atoms with van der Waals surface area (Å²) < 4.78 is 26.2. The molecular weight excluding hydrogens is 370 g/mol. The molecule has 0 aliphatic heterocycles. The Morgan fingerprint density at radius 1 is 1.12 bits per heavy atom. The topological polar surface area (TPSA) is 79.4 Å². The third-order valence-corrected chi connectivity index (χ3v) is 6.42. The second-order valence-electron chi connectivity index (χ2n) is 5.65. The number of amides is 1. The number of hydrogen-bond donors (Lipinski definition) is 1. The van der Waals surface area contributed by atoms with E-state index in [4.69, 9.17) is 0 Å². The van der Waals surface area contributed by atoms with Gasteiger partial charge in [-0.15, -0.1) is 11.3 Å². The van der Waals surface area contributed by atoms with E-state index < -0.39 is 10.0 Å². The Balaban J connectivity index is 1.68. The number of para-hydroxylation sites is 1. The van der Waals surface area contributed by atoms with Crippen molar-refractivity contribution in [2.24, 2.45) is 0 Å². The third kappa shape index (κ3) is 3.98. The number of nitrogens with one attached hydrogen (secondary N) is 1. The van der Waals surface area contributed by atoms with E-state index in [1.165, 1.54) is 43.6 Å². The molecule has 0 radical (unpaired) electrons. The van der Waals surface area contributed by atoms with Crippen molar-refractivity contribution in [2.75, 3.05) is 19.4 Å². The van der Waals surface area contributed by atoms with Crippen LogP contribution in [0.25, 0.3) is 16.3 Å². The monoisotopic (exact) mass is 387 g/mol. The highest BCUT2D eigenvalue weighted by atomic mass is 32.2. The maximum absolute atomic E-state index is 12.0. The standard InChI is InChI=1S/C18H17N3O3S2/c1-21(2)26(23,24)14-9-7-13(8-10-14)19-17(22)11-12-18-20-15-5-3-4-6-16(15)25-18/h3-12H,1-2H3,(H,19,22)/b12-11+. The molecule has 134 valence electrons. The van der Waals surface area contributed by atoms with Gasteiger partial charge in [0.2, 0.25) is 15.9 Å². The summed E-state index contributed by atoms with van der Waals surface area (Å²) in [6.45, 7) is 0. The van der Waals surface area contributed by atoms with E-state index in [1.807, 2.05) is 24.3 Å². The Kier molecular flexibility index (Phi) is 5.17. The van der Waals surface area contributed by atoms with Gasteiger partial charge >= 0.3 is 0 Å². The normalized spacial score (nSPS) is 12.1. The summed E-state index contributed by atoms with van der Waals surface area (Å²) >= 11 is 1.50. The van der Waals surface area contributed by atoms with Crippen LogP contribution in [-0.4, -0.2) is 37.7 Å². The van der Waals surface area contributed by atoms with Gasteiger partial charge in [-0.3, -0.25) is 4.79 Å². The predicted octanol–water partition coefficient (Wildman–Crippen LogP) is 3.20. The van der Waals surface area contributed by atoms with Gasteiger partial charge < -0.3 is 5.32 Å². The van der Waals surface area contributed by atoms with E-state index in [0.717, 1.165) is 19.5 Å². The van der Waals surface area contributed by atoms with Crippen molar-refractivity contribution in [1.82, 2.24) is 9.29 Å². The summed E-state index contributed by atoms with van der Waals surface area (Å²) in [5.41, 5.74) is 1.41. The number of aromatic nitrogens is 1. The number of rotatable bonds is 5. The molecule has 0 saturated heterocycles. The quantitative estimate of drug-likeness (QED) is 0.682. The number of benzene rings is 2. The first-order chi connectivity index (χ1) is 12.4. The first kappa shape index (κ1) is 18.2. The fourth-order valence-corrected chi connectivity index (χ4v) is 3.99. The molecule has 0 saturated carbocycles. The minimum atomic E-state index is -3.48. The van der Waals surface area contributed by atoms with Crippen molar-refractivity contribution in [3.63, 3.8) is 0 Å². The van der Waals surface area contributed by atoms with Gasteiger partial charge in [-0.05, 0) is 42.5 Å². The second-order valence-corrected chi connectivity index (χ2v) is 8.87. The molecule has 0 aliphatic rings. The van der Waals surface area contributed by atoms with Gasteiger partial charge in [0.25, 0.3) is 0 Å². The number of anilines is 1. The summed E-state index contributed by atoms with van der Waals surface area (Å²) in [7, 11) is -0.541. The molecule has 1 amide bonds. The van der Waals surface area contributed by atoms with Gasteiger partial charge in [0.15, 0.2) is 0 Å². The van der Waals surface area contributed by atoms with Gasteiger partial charge in [-0.2, -0.15) is 0 Å². The van der Waals surface area contributed by atoms with Crippen LogP contribution in [0.1, 0.15) is 5.01 Å². The summed E-state index contributed by atoms with van der Waals surface area (Å²) in [6, 6.07) is 13.8. The maximum atomic E-state index is 12.0. The Morgan fingerprint density at radius 3 is 2.46 bits per heavy atom. The van der Waals surface area contributed by atoms with E-state index >= 15 is 0 Å². The zero-order chi connectivity index (χ0) is 18.7. The van der Waals surface area contributed by atoms with Crippen molar-refractivity contribution in [2.45, 2.75) is 4.90 Å². The second kappa shape index (κ2) is 7.36. The van der Waals surface area contributed by atoms with Crippen molar-refractivity contribution in [3.05, 3.63) is 59.6 Å². The molecule has 3 aromatic rings. The van der Waals surface area contributed by atoms with Crippen LogP contribution in [0, 0.1) is 0 Å².